The van der Waals surface area contributed by atoms with Crippen LogP contribution in [0.15, 0.2) is 78.4 Å². The van der Waals surface area contributed by atoms with E-state index in [2.05, 4.69) is 5.32 Å². The number of anilines is 1. The molecular formula is C23H14ClN3O5. The first kappa shape index (κ1) is 22.2. The number of rotatable bonds is 6. The molecule has 8 nitrogen and oxygen atoms in total. The van der Waals surface area contributed by atoms with Gasteiger partial charge in [0.05, 0.1) is 10.5 Å². The van der Waals surface area contributed by atoms with Crippen LogP contribution in [0.3, 0.4) is 0 Å². The molecule has 0 unspecified atom stereocenters. The van der Waals surface area contributed by atoms with Crippen LogP contribution in [0.4, 0.5) is 11.4 Å². The van der Waals surface area contributed by atoms with Crippen LogP contribution in [-0.4, -0.2) is 16.8 Å². The zero-order chi connectivity index (χ0) is 23.1. The third kappa shape index (κ3) is 5.78. The molecule has 0 saturated carbocycles. The van der Waals surface area contributed by atoms with Gasteiger partial charge in [-0.1, -0.05) is 29.8 Å². The minimum absolute atomic E-state index is 0.186. The Balaban J connectivity index is 1.69. The van der Waals surface area contributed by atoms with E-state index >= 15 is 0 Å². The van der Waals surface area contributed by atoms with E-state index in [4.69, 9.17) is 16.3 Å². The van der Waals surface area contributed by atoms with Gasteiger partial charge in [-0.05, 0) is 54.1 Å². The number of nitro benzene ring substituents is 1. The molecule has 0 aliphatic rings. The molecule has 0 bridgehead atoms. The molecule has 0 atom stereocenters. The number of benzene rings is 3. The standard InChI is InChI=1S/C23H14ClN3O5/c24-18-8-6-16(7-9-18)23(29)32-21-10-4-15(5-11-21)12-17(14-25)22(28)26-19-2-1-3-20(13-19)27(30)31/h1-13H,(H,26,28)/b17-12+. The van der Waals surface area contributed by atoms with Crippen molar-refractivity contribution in [3.8, 4) is 11.8 Å². The lowest BCUT2D eigenvalue weighted by Gasteiger charge is -2.06. The van der Waals surface area contributed by atoms with E-state index in [1.54, 1.807) is 42.5 Å². The Labute approximate surface area is 187 Å². The molecule has 0 saturated heterocycles. The number of non-ortho nitro benzene ring substituents is 1. The molecule has 0 radical (unpaired) electrons. The quantitative estimate of drug-likeness (QED) is 0.141. The van der Waals surface area contributed by atoms with E-state index in [1.165, 1.54) is 42.5 Å². The molecule has 1 N–H and O–H groups in total. The molecule has 3 aromatic carbocycles. The van der Waals surface area contributed by atoms with E-state index in [1.807, 2.05) is 0 Å². The fraction of sp³-hybridized carbons (Fsp3) is 0. The van der Waals surface area contributed by atoms with Gasteiger partial charge in [0, 0.05) is 22.8 Å². The molecule has 0 fully saturated rings. The first-order chi connectivity index (χ1) is 15.4. The van der Waals surface area contributed by atoms with Crippen LogP contribution in [0, 0.1) is 21.4 Å². The van der Waals surface area contributed by atoms with E-state index in [0.717, 1.165) is 0 Å². The van der Waals surface area contributed by atoms with Crippen LogP contribution in [0.1, 0.15) is 15.9 Å². The number of carbonyl (C=O) groups is 2. The highest BCUT2D eigenvalue weighted by molar-refractivity contribution is 6.30. The highest BCUT2D eigenvalue weighted by Crippen LogP contribution is 2.20. The first-order valence-corrected chi connectivity index (χ1v) is 9.49. The second kappa shape index (κ2) is 10.0. The molecule has 0 aliphatic carbocycles. The fourth-order valence-corrected chi connectivity index (χ4v) is 2.72. The lowest BCUT2D eigenvalue weighted by Crippen LogP contribution is -2.13. The maximum Gasteiger partial charge on any atom is 0.343 e. The lowest BCUT2D eigenvalue weighted by atomic mass is 10.1. The van der Waals surface area contributed by atoms with Gasteiger partial charge in [0.1, 0.15) is 17.4 Å². The predicted octanol–water partition coefficient (Wildman–Crippen LogP) is 5.01. The van der Waals surface area contributed by atoms with Crippen LogP contribution >= 0.6 is 11.6 Å². The minimum atomic E-state index is -0.716. The number of carbonyl (C=O) groups excluding carboxylic acids is 2. The summed E-state index contributed by atoms with van der Waals surface area (Å²) in [6, 6.07) is 19.6. The Bertz CT molecular complexity index is 1250. The number of nitro groups is 1. The lowest BCUT2D eigenvalue weighted by molar-refractivity contribution is -0.384. The zero-order valence-electron chi connectivity index (χ0n) is 16.3. The molecule has 158 valence electrons. The largest absolute Gasteiger partial charge is 0.423 e. The van der Waals surface area contributed by atoms with Crippen molar-refractivity contribution in [2.45, 2.75) is 0 Å². The van der Waals surface area contributed by atoms with E-state index < -0.39 is 16.8 Å². The Morgan fingerprint density at radius 2 is 1.75 bits per heavy atom. The molecule has 3 aromatic rings. The number of esters is 1. The third-order valence-electron chi connectivity index (χ3n) is 4.16. The molecule has 0 spiro atoms. The van der Waals surface area contributed by atoms with Crippen LogP contribution in [0.5, 0.6) is 5.75 Å². The molecule has 9 heteroatoms. The summed E-state index contributed by atoms with van der Waals surface area (Å²) in [6.45, 7) is 0. The SMILES string of the molecule is N#C/C(=C\c1ccc(OC(=O)c2ccc(Cl)cc2)cc1)C(=O)Nc1cccc([N+](=O)[O-])c1. The second-order valence-corrected chi connectivity index (χ2v) is 6.83. The number of nitrogens with one attached hydrogen (secondary N) is 1. The summed E-state index contributed by atoms with van der Waals surface area (Å²) < 4.78 is 5.28. The van der Waals surface area contributed by atoms with Gasteiger partial charge in [-0.2, -0.15) is 5.26 Å². The number of nitriles is 1. The predicted molar refractivity (Wildman–Crippen MR) is 118 cm³/mol. The highest BCUT2D eigenvalue weighted by atomic mass is 35.5. The molecule has 0 aliphatic heterocycles. The minimum Gasteiger partial charge on any atom is -0.423 e. The van der Waals surface area contributed by atoms with Crippen LogP contribution in [0.2, 0.25) is 5.02 Å². The van der Waals surface area contributed by atoms with Crippen molar-refractivity contribution >= 4 is 40.9 Å². The zero-order valence-corrected chi connectivity index (χ0v) is 17.1. The number of amides is 1. The Kier molecular flexibility index (Phi) is 6.95. The van der Waals surface area contributed by atoms with Crippen molar-refractivity contribution in [2.75, 3.05) is 5.32 Å². The third-order valence-corrected chi connectivity index (χ3v) is 4.41. The molecule has 3 rings (SSSR count). The van der Waals surface area contributed by atoms with E-state index in [-0.39, 0.29) is 22.7 Å². The summed E-state index contributed by atoms with van der Waals surface area (Å²) in [6.07, 6.45) is 1.34. The first-order valence-electron chi connectivity index (χ1n) is 9.11. The average molecular weight is 448 g/mol. The van der Waals surface area contributed by atoms with Gasteiger partial charge in [0.15, 0.2) is 0 Å². The topological polar surface area (TPSA) is 122 Å². The van der Waals surface area contributed by atoms with Crippen LogP contribution in [0.25, 0.3) is 6.08 Å². The van der Waals surface area contributed by atoms with Gasteiger partial charge in [0.25, 0.3) is 11.6 Å². The number of halogens is 1. The van der Waals surface area contributed by atoms with E-state index in [0.29, 0.717) is 16.1 Å². The number of hydrogen-bond acceptors (Lipinski definition) is 6. The number of ether oxygens (including phenoxy) is 1. The van der Waals surface area contributed by atoms with Gasteiger partial charge in [-0.15, -0.1) is 0 Å². The second-order valence-electron chi connectivity index (χ2n) is 6.40. The Morgan fingerprint density at radius 3 is 2.38 bits per heavy atom. The molecular weight excluding hydrogens is 434 g/mol. The molecule has 1 amide bonds. The van der Waals surface area contributed by atoms with Crippen LogP contribution in [-0.2, 0) is 4.79 Å². The van der Waals surface area contributed by atoms with E-state index in [9.17, 15) is 25.0 Å². The van der Waals surface area contributed by atoms with Gasteiger partial charge >= 0.3 is 5.97 Å². The highest BCUT2D eigenvalue weighted by Gasteiger charge is 2.13. The summed E-state index contributed by atoms with van der Waals surface area (Å²) in [7, 11) is 0. The van der Waals surface area contributed by atoms with Crippen molar-refractivity contribution in [3.05, 3.63) is 105 Å². The van der Waals surface area contributed by atoms with Gasteiger partial charge in [-0.3, -0.25) is 14.9 Å². The molecule has 0 aromatic heterocycles. The average Bonchev–Trinajstić information content (AvgIpc) is 2.79. The smallest absolute Gasteiger partial charge is 0.343 e. The normalized spacial score (nSPS) is 10.7. The molecule has 32 heavy (non-hydrogen) atoms. The number of hydrogen-bond donors (Lipinski definition) is 1. The summed E-state index contributed by atoms with van der Waals surface area (Å²) >= 11 is 5.80. The van der Waals surface area contributed by atoms with Crippen molar-refractivity contribution in [3.63, 3.8) is 0 Å². The summed E-state index contributed by atoms with van der Waals surface area (Å²) in [5, 5.41) is 23.1. The van der Waals surface area contributed by atoms with Crippen molar-refractivity contribution in [1.82, 2.24) is 0 Å². The fourth-order valence-electron chi connectivity index (χ4n) is 2.59. The number of nitrogens with zero attached hydrogens (tertiary/aromatic N) is 2. The summed E-state index contributed by atoms with van der Waals surface area (Å²) in [5.41, 5.74) is 0.649. The summed E-state index contributed by atoms with van der Waals surface area (Å²) in [5.74, 6) is -0.994. The van der Waals surface area contributed by atoms with Crippen molar-refractivity contribution in [1.29, 1.82) is 5.26 Å². The monoisotopic (exact) mass is 447 g/mol. The van der Waals surface area contributed by atoms with Crippen molar-refractivity contribution in [2.24, 2.45) is 0 Å². The maximum absolute atomic E-state index is 12.4. The van der Waals surface area contributed by atoms with Gasteiger partial charge in [-0.25, -0.2) is 4.79 Å². The van der Waals surface area contributed by atoms with Crippen LogP contribution < -0.4 is 10.1 Å². The Hall–Kier alpha value is -4.48. The van der Waals surface area contributed by atoms with Crippen molar-refractivity contribution < 1.29 is 19.2 Å². The summed E-state index contributed by atoms with van der Waals surface area (Å²) in [4.78, 5) is 34.8. The van der Waals surface area contributed by atoms with Gasteiger partial charge in [0.2, 0.25) is 0 Å². The molecule has 0 heterocycles. The maximum atomic E-state index is 12.4. The van der Waals surface area contributed by atoms with Gasteiger partial charge < -0.3 is 10.1 Å². The Morgan fingerprint density at radius 1 is 1.06 bits per heavy atom.